The Balaban J connectivity index is 2.70. The maximum Gasteiger partial charge on any atom is 0.307 e. The number of nitrogens with one attached hydrogen (secondary N) is 2. The van der Waals surface area contributed by atoms with Crippen LogP contribution in [0.3, 0.4) is 0 Å². The van der Waals surface area contributed by atoms with E-state index in [0.717, 1.165) is 23.6 Å². The van der Waals surface area contributed by atoms with Crippen LogP contribution in [-0.4, -0.2) is 46.3 Å². The van der Waals surface area contributed by atoms with Crippen molar-refractivity contribution in [3.05, 3.63) is 23.8 Å². The summed E-state index contributed by atoms with van der Waals surface area (Å²) in [5, 5.41) is 6.21. The van der Waals surface area contributed by atoms with Crippen LogP contribution in [0.15, 0.2) is 23.2 Å². The maximum absolute atomic E-state index is 11.1. The first-order chi connectivity index (χ1) is 11.1. The van der Waals surface area contributed by atoms with Crippen molar-refractivity contribution in [3.63, 3.8) is 0 Å². The number of benzene rings is 1. The van der Waals surface area contributed by atoms with Gasteiger partial charge in [0, 0.05) is 24.7 Å². The zero-order valence-electron chi connectivity index (χ0n) is 14.1. The molecule has 2 N–H and O–H groups in total. The Kier molecular flexibility index (Phi) is 8.34. The van der Waals surface area contributed by atoms with Crippen molar-refractivity contribution < 1.29 is 19.0 Å². The normalized spacial score (nSPS) is 10.9. The molecule has 0 radical (unpaired) electrons. The summed E-state index contributed by atoms with van der Waals surface area (Å²) >= 11 is 0. The Morgan fingerprint density at radius 3 is 2.57 bits per heavy atom. The summed E-state index contributed by atoms with van der Waals surface area (Å²) in [6.45, 7) is 3.61. The van der Waals surface area contributed by atoms with Crippen molar-refractivity contribution in [2.45, 2.75) is 19.9 Å². The van der Waals surface area contributed by atoms with Gasteiger partial charge >= 0.3 is 5.97 Å². The first-order valence-electron chi connectivity index (χ1n) is 7.44. The third-order valence-corrected chi connectivity index (χ3v) is 3.10. The second kappa shape index (κ2) is 10.3. The van der Waals surface area contributed by atoms with Gasteiger partial charge in [0.1, 0.15) is 11.5 Å². The summed E-state index contributed by atoms with van der Waals surface area (Å²) in [7, 11) is 4.60. The standard InChI is InChI=1S/C16H25N3O4/c1-5-17-16(18-9-8-15(20)23-4)19-11-12-6-7-13(21-2)10-14(12)22-3/h6-7,10H,5,8-9,11H2,1-4H3,(H2,17,18,19). The van der Waals surface area contributed by atoms with E-state index in [0.29, 0.717) is 19.0 Å². The van der Waals surface area contributed by atoms with E-state index in [4.69, 9.17) is 9.47 Å². The third kappa shape index (κ3) is 6.46. The molecule has 0 amide bonds. The lowest BCUT2D eigenvalue weighted by atomic mass is 10.2. The monoisotopic (exact) mass is 323 g/mol. The van der Waals surface area contributed by atoms with Crippen LogP contribution in [0.25, 0.3) is 0 Å². The molecule has 0 fully saturated rings. The minimum atomic E-state index is -0.259. The number of carbonyl (C=O) groups excluding carboxylic acids is 1. The first-order valence-corrected chi connectivity index (χ1v) is 7.44. The molecule has 0 aliphatic heterocycles. The van der Waals surface area contributed by atoms with Crippen molar-refractivity contribution in [1.82, 2.24) is 10.6 Å². The Morgan fingerprint density at radius 2 is 1.96 bits per heavy atom. The Bertz CT molecular complexity index is 532. The topological polar surface area (TPSA) is 81.2 Å². The highest BCUT2D eigenvalue weighted by atomic mass is 16.5. The molecule has 0 aliphatic carbocycles. The number of aliphatic imine (C=N–C) groups is 1. The molecule has 1 rings (SSSR count). The SMILES string of the molecule is CCNC(=NCc1ccc(OC)cc1OC)NCCC(=O)OC. The Hall–Kier alpha value is -2.44. The number of guanidine groups is 1. The molecule has 0 atom stereocenters. The highest BCUT2D eigenvalue weighted by molar-refractivity contribution is 5.80. The summed E-state index contributed by atoms with van der Waals surface area (Å²) < 4.78 is 15.1. The summed E-state index contributed by atoms with van der Waals surface area (Å²) in [5.41, 5.74) is 0.943. The number of carbonyl (C=O) groups is 1. The third-order valence-electron chi connectivity index (χ3n) is 3.10. The van der Waals surface area contributed by atoms with Crippen LogP contribution < -0.4 is 20.1 Å². The molecule has 0 spiro atoms. The van der Waals surface area contributed by atoms with Gasteiger partial charge < -0.3 is 24.8 Å². The van der Waals surface area contributed by atoms with Gasteiger partial charge in [-0.2, -0.15) is 0 Å². The zero-order chi connectivity index (χ0) is 17.1. The van der Waals surface area contributed by atoms with E-state index in [9.17, 15) is 4.79 Å². The predicted octanol–water partition coefficient (Wildman–Crippen LogP) is 1.32. The second-order valence-electron chi connectivity index (χ2n) is 4.63. The lowest BCUT2D eigenvalue weighted by Gasteiger charge is -2.12. The molecule has 7 heteroatoms. The van der Waals surface area contributed by atoms with Gasteiger partial charge in [-0.15, -0.1) is 0 Å². The molecule has 7 nitrogen and oxygen atoms in total. The van der Waals surface area contributed by atoms with Gasteiger partial charge in [0.25, 0.3) is 0 Å². The Morgan fingerprint density at radius 1 is 1.17 bits per heavy atom. The summed E-state index contributed by atoms with van der Waals surface area (Å²) in [5.74, 6) is 1.83. The summed E-state index contributed by atoms with van der Waals surface area (Å²) in [6.07, 6.45) is 0.284. The molecule has 0 saturated carbocycles. The number of hydrogen-bond donors (Lipinski definition) is 2. The van der Waals surface area contributed by atoms with Gasteiger partial charge in [-0.05, 0) is 19.1 Å². The molecular weight excluding hydrogens is 298 g/mol. The zero-order valence-corrected chi connectivity index (χ0v) is 14.1. The number of hydrogen-bond acceptors (Lipinski definition) is 5. The van der Waals surface area contributed by atoms with E-state index in [1.807, 2.05) is 25.1 Å². The van der Waals surface area contributed by atoms with Crippen LogP contribution >= 0.6 is 0 Å². The van der Waals surface area contributed by atoms with Crippen LogP contribution in [0, 0.1) is 0 Å². The largest absolute Gasteiger partial charge is 0.497 e. The minimum Gasteiger partial charge on any atom is -0.497 e. The van der Waals surface area contributed by atoms with Gasteiger partial charge in [-0.3, -0.25) is 4.79 Å². The highest BCUT2D eigenvalue weighted by Crippen LogP contribution is 2.25. The fraction of sp³-hybridized carbons (Fsp3) is 0.500. The van der Waals surface area contributed by atoms with E-state index in [1.165, 1.54) is 7.11 Å². The molecule has 0 heterocycles. The van der Waals surface area contributed by atoms with Gasteiger partial charge in [0.2, 0.25) is 0 Å². The van der Waals surface area contributed by atoms with Crippen LogP contribution in [0.2, 0.25) is 0 Å². The van der Waals surface area contributed by atoms with E-state index >= 15 is 0 Å². The molecule has 0 aromatic heterocycles. The molecule has 1 aromatic carbocycles. The fourth-order valence-corrected chi connectivity index (χ4v) is 1.87. The Labute approximate surface area is 137 Å². The molecule has 128 valence electrons. The number of methoxy groups -OCH3 is 3. The van der Waals surface area contributed by atoms with Crippen LogP contribution in [0.1, 0.15) is 18.9 Å². The van der Waals surface area contributed by atoms with E-state index in [-0.39, 0.29) is 12.4 Å². The van der Waals surface area contributed by atoms with Crippen LogP contribution in [0.4, 0.5) is 0 Å². The lowest BCUT2D eigenvalue weighted by Crippen LogP contribution is -2.38. The average Bonchev–Trinajstić information content (AvgIpc) is 2.59. The van der Waals surface area contributed by atoms with Gasteiger partial charge in [-0.25, -0.2) is 4.99 Å². The molecular formula is C16H25N3O4. The number of esters is 1. The smallest absolute Gasteiger partial charge is 0.307 e. The molecule has 23 heavy (non-hydrogen) atoms. The number of rotatable bonds is 8. The minimum absolute atomic E-state index is 0.259. The maximum atomic E-state index is 11.1. The quantitative estimate of drug-likeness (QED) is 0.427. The predicted molar refractivity (Wildman–Crippen MR) is 89.0 cm³/mol. The second-order valence-corrected chi connectivity index (χ2v) is 4.63. The van der Waals surface area contributed by atoms with Crippen molar-refractivity contribution in [1.29, 1.82) is 0 Å². The van der Waals surface area contributed by atoms with Crippen LogP contribution in [-0.2, 0) is 16.1 Å². The summed E-state index contributed by atoms with van der Waals surface area (Å²) in [4.78, 5) is 15.6. The van der Waals surface area contributed by atoms with Crippen LogP contribution in [0.5, 0.6) is 11.5 Å². The van der Waals surface area contributed by atoms with Crippen molar-refractivity contribution >= 4 is 11.9 Å². The van der Waals surface area contributed by atoms with Crippen molar-refractivity contribution in [2.24, 2.45) is 4.99 Å². The number of nitrogens with zero attached hydrogens (tertiary/aromatic N) is 1. The van der Waals surface area contributed by atoms with Gasteiger partial charge in [-0.1, -0.05) is 0 Å². The van der Waals surface area contributed by atoms with E-state index < -0.39 is 0 Å². The van der Waals surface area contributed by atoms with Crippen molar-refractivity contribution in [3.8, 4) is 11.5 Å². The summed E-state index contributed by atoms with van der Waals surface area (Å²) in [6, 6.07) is 5.60. The van der Waals surface area contributed by atoms with E-state index in [1.54, 1.807) is 14.2 Å². The molecule has 0 unspecified atom stereocenters. The highest BCUT2D eigenvalue weighted by Gasteiger charge is 2.06. The first kappa shape index (κ1) is 18.6. The average molecular weight is 323 g/mol. The van der Waals surface area contributed by atoms with Crippen molar-refractivity contribution in [2.75, 3.05) is 34.4 Å². The lowest BCUT2D eigenvalue weighted by molar-refractivity contribution is -0.140. The molecule has 0 aliphatic rings. The fourth-order valence-electron chi connectivity index (χ4n) is 1.87. The number of ether oxygens (including phenoxy) is 3. The molecule has 0 saturated heterocycles. The van der Waals surface area contributed by atoms with Gasteiger partial charge in [0.05, 0.1) is 34.3 Å². The molecule has 0 bridgehead atoms. The van der Waals surface area contributed by atoms with E-state index in [2.05, 4.69) is 20.4 Å². The van der Waals surface area contributed by atoms with Gasteiger partial charge in [0.15, 0.2) is 5.96 Å². The molecule has 1 aromatic rings.